The van der Waals surface area contributed by atoms with Crippen molar-refractivity contribution < 1.29 is 0 Å². The van der Waals surface area contributed by atoms with E-state index < -0.39 is 0 Å². The van der Waals surface area contributed by atoms with Gasteiger partial charge in [-0.25, -0.2) is 0 Å². The van der Waals surface area contributed by atoms with Gasteiger partial charge in [0.15, 0.2) is 0 Å². The smallest absolute Gasteiger partial charge is 0.0234 e. The molecular weight excluding hydrogens is 206 g/mol. The summed E-state index contributed by atoms with van der Waals surface area (Å²) in [6.07, 6.45) is 13.9. The first-order valence-electron chi connectivity index (χ1n) is 6.09. The molecule has 0 amide bonds. The molecule has 0 rings (SSSR count). The predicted molar refractivity (Wildman–Crippen MR) is 78.6 cm³/mol. The van der Waals surface area contributed by atoms with Gasteiger partial charge >= 0.3 is 0 Å². The highest BCUT2D eigenvalue weighted by Crippen LogP contribution is 2.28. The fourth-order valence-corrected chi connectivity index (χ4v) is 1.72. The summed E-state index contributed by atoms with van der Waals surface area (Å²) in [6, 6.07) is 0. The monoisotopic (exact) mass is 231 g/mol. The van der Waals surface area contributed by atoms with Gasteiger partial charge in [0.25, 0.3) is 0 Å². The molecule has 0 aromatic rings. The van der Waals surface area contributed by atoms with Crippen molar-refractivity contribution in [3.8, 4) is 0 Å². The average Bonchev–Trinajstić information content (AvgIpc) is 2.39. The van der Waals surface area contributed by atoms with Gasteiger partial charge in [-0.3, -0.25) is 0 Å². The molecule has 0 bridgehead atoms. The van der Waals surface area contributed by atoms with Gasteiger partial charge in [0.05, 0.1) is 0 Å². The van der Waals surface area contributed by atoms with E-state index in [1.807, 2.05) is 23.1 Å². The lowest BCUT2D eigenvalue weighted by Gasteiger charge is -2.22. The first-order chi connectivity index (χ1) is 8.17. The summed E-state index contributed by atoms with van der Waals surface area (Å²) in [7, 11) is 0. The minimum atomic E-state index is -0.101. The second-order valence-corrected chi connectivity index (χ2v) is 4.14. The van der Waals surface area contributed by atoms with E-state index in [0.717, 1.165) is 25.8 Å². The van der Waals surface area contributed by atoms with Crippen LogP contribution in [0.25, 0.3) is 0 Å². The SMILES string of the molecule is C=CN(C=C)CCCCCC(C=C)(C=C)C=C. The fraction of sp³-hybridized carbons (Fsp3) is 0.375. The largest absolute Gasteiger partial charge is 0.355 e. The van der Waals surface area contributed by atoms with Gasteiger partial charge in [-0.2, -0.15) is 0 Å². The quantitative estimate of drug-likeness (QED) is 0.368. The molecule has 0 aromatic heterocycles. The Bertz CT molecular complexity index is 245. The lowest BCUT2D eigenvalue weighted by atomic mass is 9.83. The second-order valence-electron chi connectivity index (χ2n) is 4.14. The van der Waals surface area contributed by atoms with Crippen molar-refractivity contribution in [1.29, 1.82) is 0 Å². The highest BCUT2D eigenvalue weighted by atomic mass is 15.1. The van der Waals surface area contributed by atoms with Crippen molar-refractivity contribution in [2.75, 3.05) is 6.54 Å². The van der Waals surface area contributed by atoms with Gasteiger partial charge in [0.2, 0.25) is 0 Å². The molecule has 0 aliphatic carbocycles. The summed E-state index contributed by atoms with van der Waals surface area (Å²) in [4.78, 5) is 2.00. The van der Waals surface area contributed by atoms with Crippen LogP contribution in [0.5, 0.6) is 0 Å². The summed E-state index contributed by atoms with van der Waals surface area (Å²) >= 11 is 0. The van der Waals surface area contributed by atoms with Crippen molar-refractivity contribution in [2.45, 2.75) is 25.7 Å². The zero-order valence-corrected chi connectivity index (χ0v) is 10.9. The van der Waals surface area contributed by atoms with Crippen molar-refractivity contribution in [1.82, 2.24) is 4.90 Å². The van der Waals surface area contributed by atoms with E-state index >= 15 is 0 Å². The average molecular weight is 231 g/mol. The van der Waals surface area contributed by atoms with Crippen LogP contribution >= 0.6 is 0 Å². The molecule has 0 unspecified atom stereocenters. The van der Waals surface area contributed by atoms with E-state index in [1.54, 1.807) is 12.4 Å². The van der Waals surface area contributed by atoms with Gasteiger partial charge in [-0.1, -0.05) is 44.2 Å². The van der Waals surface area contributed by atoms with E-state index in [4.69, 9.17) is 0 Å². The minimum absolute atomic E-state index is 0.101. The Morgan fingerprint density at radius 2 is 1.29 bits per heavy atom. The maximum atomic E-state index is 3.85. The summed E-state index contributed by atoms with van der Waals surface area (Å²) in [5.41, 5.74) is -0.101. The Hall–Kier alpha value is -1.50. The highest BCUT2D eigenvalue weighted by Gasteiger charge is 2.16. The van der Waals surface area contributed by atoms with E-state index in [0.29, 0.717) is 0 Å². The van der Waals surface area contributed by atoms with Gasteiger partial charge in [0, 0.05) is 12.0 Å². The van der Waals surface area contributed by atoms with Gasteiger partial charge in [0.1, 0.15) is 0 Å². The molecule has 0 atom stereocenters. The van der Waals surface area contributed by atoms with Crippen LogP contribution in [0.4, 0.5) is 0 Å². The highest BCUT2D eigenvalue weighted by molar-refractivity contribution is 5.15. The van der Waals surface area contributed by atoms with Crippen molar-refractivity contribution >= 4 is 0 Å². The number of allylic oxidation sites excluding steroid dienone is 3. The van der Waals surface area contributed by atoms with Crippen LogP contribution in [0.1, 0.15) is 25.7 Å². The molecule has 0 aromatic carbocycles. The van der Waals surface area contributed by atoms with Crippen LogP contribution in [0.15, 0.2) is 63.5 Å². The van der Waals surface area contributed by atoms with E-state index in [1.165, 1.54) is 6.42 Å². The third-order valence-corrected chi connectivity index (χ3v) is 3.14. The molecule has 0 fully saturated rings. The molecule has 0 spiro atoms. The number of hydrogen-bond donors (Lipinski definition) is 0. The Morgan fingerprint density at radius 3 is 1.71 bits per heavy atom. The first-order valence-corrected chi connectivity index (χ1v) is 6.09. The Kier molecular flexibility index (Phi) is 7.87. The van der Waals surface area contributed by atoms with Gasteiger partial charge in [-0.15, -0.1) is 19.7 Å². The Labute approximate surface area is 107 Å². The summed E-state index contributed by atoms with van der Waals surface area (Å²) in [6.45, 7) is 20.0. The zero-order valence-electron chi connectivity index (χ0n) is 10.9. The summed E-state index contributed by atoms with van der Waals surface area (Å²) in [5.74, 6) is 0. The van der Waals surface area contributed by atoms with Gasteiger partial charge < -0.3 is 4.90 Å². The Balaban J connectivity index is 3.87. The summed E-state index contributed by atoms with van der Waals surface area (Å²) < 4.78 is 0. The molecule has 0 saturated heterocycles. The molecule has 0 N–H and O–H groups in total. The molecule has 0 radical (unpaired) electrons. The minimum Gasteiger partial charge on any atom is -0.355 e. The van der Waals surface area contributed by atoms with E-state index in [9.17, 15) is 0 Å². The molecule has 1 heteroatoms. The molecule has 0 saturated carbocycles. The van der Waals surface area contributed by atoms with E-state index in [-0.39, 0.29) is 5.41 Å². The molecule has 1 nitrogen and oxygen atoms in total. The van der Waals surface area contributed by atoms with Gasteiger partial charge in [-0.05, 0) is 25.2 Å². The van der Waals surface area contributed by atoms with Crippen LogP contribution in [0, 0.1) is 5.41 Å². The lowest BCUT2D eigenvalue weighted by molar-refractivity contribution is 0.451. The number of nitrogens with zero attached hydrogens (tertiary/aromatic N) is 1. The third kappa shape index (κ3) is 5.39. The van der Waals surface area contributed by atoms with Crippen LogP contribution in [0.3, 0.4) is 0 Å². The molecular formula is C16H25N. The lowest BCUT2D eigenvalue weighted by Crippen LogP contribution is -2.12. The first kappa shape index (κ1) is 15.5. The molecule has 0 heterocycles. The standard InChI is InChI=1S/C16H25N/c1-6-16(7-2,8-3)14-12-11-13-15-17(9-4)10-5/h6-10H,1-5,11-15H2. The second kappa shape index (κ2) is 8.63. The molecule has 0 aliphatic heterocycles. The van der Waals surface area contributed by atoms with Crippen molar-refractivity contribution in [2.24, 2.45) is 5.41 Å². The van der Waals surface area contributed by atoms with E-state index in [2.05, 4.69) is 32.9 Å². The third-order valence-electron chi connectivity index (χ3n) is 3.14. The van der Waals surface area contributed by atoms with Crippen LogP contribution in [0.2, 0.25) is 0 Å². The van der Waals surface area contributed by atoms with Crippen LogP contribution < -0.4 is 0 Å². The molecule has 0 aliphatic rings. The molecule has 17 heavy (non-hydrogen) atoms. The number of unbranched alkanes of at least 4 members (excludes halogenated alkanes) is 2. The van der Waals surface area contributed by atoms with Crippen molar-refractivity contribution in [3.63, 3.8) is 0 Å². The van der Waals surface area contributed by atoms with Crippen molar-refractivity contribution in [3.05, 3.63) is 63.5 Å². The number of hydrogen-bond acceptors (Lipinski definition) is 1. The number of rotatable bonds is 11. The van der Waals surface area contributed by atoms with Crippen LogP contribution in [-0.2, 0) is 0 Å². The predicted octanol–water partition coefficient (Wildman–Crippen LogP) is 4.68. The maximum absolute atomic E-state index is 3.85. The fourth-order valence-electron chi connectivity index (χ4n) is 1.72. The van der Waals surface area contributed by atoms with Crippen LogP contribution in [-0.4, -0.2) is 11.4 Å². The summed E-state index contributed by atoms with van der Waals surface area (Å²) in [5, 5.41) is 0. The topological polar surface area (TPSA) is 3.24 Å². The normalized spacial score (nSPS) is 10.4. The Morgan fingerprint density at radius 1 is 0.765 bits per heavy atom. The zero-order chi connectivity index (χ0) is 13.1. The molecule has 94 valence electrons. The maximum Gasteiger partial charge on any atom is 0.0234 e.